The molecule has 1 aromatic rings. The lowest BCUT2D eigenvalue weighted by Crippen LogP contribution is -2.19. The lowest BCUT2D eigenvalue weighted by molar-refractivity contribution is -0.141. The first kappa shape index (κ1) is 10.0. The van der Waals surface area contributed by atoms with Crippen LogP contribution in [-0.4, -0.2) is 9.78 Å². The summed E-state index contributed by atoms with van der Waals surface area (Å²) in [5.41, 5.74) is -0.823. The van der Waals surface area contributed by atoms with Crippen molar-refractivity contribution in [1.29, 1.82) is 0 Å². The molecule has 0 radical (unpaired) electrons. The van der Waals surface area contributed by atoms with Crippen molar-refractivity contribution in [1.82, 2.24) is 9.78 Å². The van der Waals surface area contributed by atoms with Gasteiger partial charge in [-0.2, -0.15) is 18.3 Å². The Balaban J connectivity index is 2.29. The second-order valence-electron chi connectivity index (χ2n) is 3.38. The average Bonchev–Trinajstić information content (AvgIpc) is 2.28. The number of aromatic nitrogens is 2. The standard InChI is InChI=1S/C8H8BrF3N2/c9-7-4-6(8(10,11)12)13-14(7)5-2-1-3-5/h4-5H,1-3H2. The van der Waals surface area contributed by atoms with E-state index in [4.69, 9.17) is 0 Å². The van der Waals surface area contributed by atoms with Crippen molar-refractivity contribution >= 4 is 15.9 Å². The molecule has 0 N–H and O–H groups in total. The van der Waals surface area contributed by atoms with Crippen LogP contribution in [0.1, 0.15) is 31.0 Å². The highest BCUT2D eigenvalue weighted by molar-refractivity contribution is 9.10. The second kappa shape index (κ2) is 3.25. The molecule has 0 spiro atoms. The minimum Gasteiger partial charge on any atom is -0.255 e. The van der Waals surface area contributed by atoms with Crippen LogP contribution in [0, 0.1) is 0 Å². The van der Waals surface area contributed by atoms with E-state index >= 15 is 0 Å². The molecule has 1 aliphatic carbocycles. The van der Waals surface area contributed by atoms with Crippen LogP contribution in [0.25, 0.3) is 0 Å². The van der Waals surface area contributed by atoms with E-state index in [1.807, 2.05) is 0 Å². The quantitative estimate of drug-likeness (QED) is 0.764. The summed E-state index contributed by atoms with van der Waals surface area (Å²) in [6.45, 7) is 0. The molecule has 78 valence electrons. The third-order valence-corrected chi connectivity index (χ3v) is 2.99. The molecular weight excluding hydrogens is 261 g/mol. The number of alkyl halides is 3. The van der Waals surface area contributed by atoms with E-state index in [-0.39, 0.29) is 6.04 Å². The first-order valence-electron chi connectivity index (χ1n) is 4.31. The molecule has 1 fully saturated rings. The van der Waals surface area contributed by atoms with Crippen molar-refractivity contribution in [3.63, 3.8) is 0 Å². The Morgan fingerprint density at radius 3 is 2.43 bits per heavy atom. The molecule has 0 bridgehead atoms. The number of hydrogen-bond donors (Lipinski definition) is 0. The third kappa shape index (κ3) is 1.67. The third-order valence-electron chi connectivity index (χ3n) is 2.40. The molecule has 0 aromatic carbocycles. The van der Waals surface area contributed by atoms with Crippen molar-refractivity contribution in [2.24, 2.45) is 0 Å². The molecule has 6 heteroatoms. The summed E-state index contributed by atoms with van der Waals surface area (Å²) in [6, 6.07) is 1.17. The summed E-state index contributed by atoms with van der Waals surface area (Å²) in [6.07, 6.45) is -1.45. The van der Waals surface area contributed by atoms with E-state index in [2.05, 4.69) is 21.0 Å². The molecule has 2 rings (SSSR count). The smallest absolute Gasteiger partial charge is 0.255 e. The highest BCUT2D eigenvalue weighted by Gasteiger charge is 2.36. The molecule has 1 heterocycles. The van der Waals surface area contributed by atoms with Crippen LogP contribution >= 0.6 is 15.9 Å². The zero-order valence-corrected chi connectivity index (χ0v) is 8.77. The fourth-order valence-electron chi connectivity index (χ4n) is 1.40. The molecule has 0 amide bonds. The minimum atomic E-state index is -4.35. The molecule has 14 heavy (non-hydrogen) atoms. The summed E-state index contributed by atoms with van der Waals surface area (Å²) >= 11 is 3.09. The maximum atomic E-state index is 12.3. The van der Waals surface area contributed by atoms with Gasteiger partial charge < -0.3 is 0 Å². The molecule has 1 aromatic heterocycles. The Morgan fingerprint density at radius 1 is 1.43 bits per heavy atom. The number of nitrogens with zero attached hydrogens (tertiary/aromatic N) is 2. The van der Waals surface area contributed by atoms with Crippen molar-refractivity contribution in [2.75, 3.05) is 0 Å². The van der Waals surface area contributed by atoms with Crippen molar-refractivity contribution in [2.45, 2.75) is 31.5 Å². The van der Waals surface area contributed by atoms with Crippen molar-refractivity contribution in [3.05, 3.63) is 16.4 Å². The first-order valence-corrected chi connectivity index (χ1v) is 5.10. The van der Waals surface area contributed by atoms with E-state index in [1.54, 1.807) is 0 Å². The van der Waals surface area contributed by atoms with Gasteiger partial charge >= 0.3 is 6.18 Å². The summed E-state index contributed by atoms with van der Waals surface area (Å²) in [7, 11) is 0. The van der Waals surface area contributed by atoms with Crippen LogP contribution in [0.2, 0.25) is 0 Å². The maximum Gasteiger partial charge on any atom is 0.435 e. The van der Waals surface area contributed by atoms with E-state index < -0.39 is 11.9 Å². The molecule has 1 aliphatic rings. The number of rotatable bonds is 1. The van der Waals surface area contributed by atoms with Gasteiger partial charge in [0.25, 0.3) is 0 Å². The van der Waals surface area contributed by atoms with Crippen LogP contribution in [0.15, 0.2) is 10.7 Å². The van der Waals surface area contributed by atoms with Crippen molar-refractivity contribution < 1.29 is 13.2 Å². The zero-order valence-electron chi connectivity index (χ0n) is 7.18. The van der Waals surface area contributed by atoms with Gasteiger partial charge in [-0.05, 0) is 35.2 Å². The molecule has 2 nitrogen and oxygen atoms in total. The summed E-state index contributed by atoms with van der Waals surface area (Å²) in [5, 5.41) is 3.55. The van der Waals surface area contributed by atoms with E-state index in [1.165, 1.54) is 4.68 Å². The van der Waals surface area contributed by atoms with Gasteiger partial charge in [-0.1, -0.05) is 0 Å². The Hall–Kier alpha value is -0.520. The van der Waals surface area contributed by atoms with Gasteiger partial charge in [0.1, 0.15) is 4.60 Å². The SMILES string of the molecule is FC(F)(F)c1cc(Br)n(C2CCC2)n1. The number of hydrogen-bond acceptors (Lipinski definition) is 1. The monoisotopic (exact) mass is 268 g/mol. The van der Waals surface area contributed by atoms with E-state index in [9.17, 15) is 13.2 Å². The topological polar surface area (TPSA) is 17.8 Å². The maximum absolute atomic E-state index is 12.3. The normalized spacial score (nSPS) is 18.3. The molecule has 0 aliphatic heterocycles. The zero-order chi connectivity index (χ0) is 10.3. The molecule has 0 atom stereocenters. The van der Waals surface area contributed by atoms with Crippen LogP contribution in [0.4, 0.5) is 13.2 Å². The predicted octanol–water partition coefficient (Wildman–Crippen LogP) is 3.39. The van der Waals surface area contributed by atoms with Crippen LogP contribution in [0.3, 0.4) is 0 Å². The summed E-state index contributed by atoms with van der Waals surface area (Å²) in [5.74, 6) is 0. The highest BCUT2D eigenvalue weighted by atomic mass is 79.9. The van der Waals surface area contributed by atoms with Gasteiger partial charge in [0.2, 0.25) is 0 Å². The Bertz CT molecular complexity index is 341. The molecule has 1 saturated carbocycles. The fourth-order valence-corrected chi connectivity index (χ4v) is 1.98. The van der Waals surface area contributed by atoms with Crippen LogP contribution in [0.5, 0.6) is 0 Å². The van der Waals surface area contributed by atoms with Crippen LogP contribution in [-0.2, 0) is 6.18 Å². The van der Waals surface area contributed by atoms with Gasteiger partial charge in [-0.15, -0.1) is 0 Å². The molecule has 0 unspecified atom stereocenters. The van der Waals surface area contributed by atoms with Crippen LogP contribution < -0.4 is 0 Å². The molecule has 0 saturated heterocycles. The van der Waals surface area contributed by atoms with E-state index in [0.29, 0.717) is 4.60 Å². The fraction of sp³-hybridized carbons (Fsp3) is 0.625. The highest BCUT2D eigenvalue weighted by Crippen LogP contribution is 2.36. The Kier molecular flexibility index (Phi) is 2.33. The minimum absolute atomic E-state index is 0.139. The van der Waals surface area contributed by atoms with Gasteiger partial charge in [0.05, 0.1) is 6.04 Å². The Morgan fingerprint density at radius 2 is 2.07 bits per heavy atom. The lowest BCUT2D eigenvalue weighted by atomic mass is 9.93. The van der Waals surface area contributed by atoms with Crippen molar-refractivity contribution in [3.8, 4) is 0 Å². The predicted molar refractivity (Wildman–Crippen MR) is 47.8 cm³/mol. The molecular formula is C8H8BrF3N2. The van der Waals surface area contributed by atoms with Gasteiger partial charge in [0.15, 0.2) is 5.69 Å². The summed E-state index contributed by atoms with van der Waals surface area (Å²) in [4.78, 5) is 0. The Labute approximate surface area is 87.2 Å². The lowest BCUT2D eigenvalue weighted by Gasteiger charge is -2.26. The largest absolute Gasteiger partial charge is 0.435 e. The number of halogens is 4. The van der Waals surface area contributed by atoms with Gasteiger partial charge in [0, 0.05) is 6.07 Å². The summed E-state index contributed by atoms with van der Waals surface area (Å²) < 4.78 is 38.6. The van der Waals surface area contributed by atoms with E-state index in [0.717, 1.165) is 25.3 Å². The van der Waals surface area contributed by atoms with Gasteiger partial charge in [-0.25, -0.2) is 0 Å². The van der Waals surface area contributed by atoms with Gasteiger partial charge in [-0.3, -0.25) is 4.68 Å². The average molecular weight is 269 g/mol. The second-order valence-corrected chi connectivity index (χ2v) is 4.19. The first-order chi connectivity index (χ1) is 6.48.